The zero-order chi connectivity index (χ0) is 14.0. The van der Waals surface area contributed by atoms with E-state index in [1.807, 2.05) is 0 Å². The molecule has 1 aromatic heterocycles. The number of carbonyl (C=O) groups excluding carboxylic acids is 1. The maximum absolute atomic E-state index is 13.6. The van der Waals surface area contributed by atoms with Crippen LogP contribution in [0.3, 0.4) is 0 Å². The number of nitrogens with two attached hydrogens (primary N) is 1. The molecule has 2 rings (SSSR count). The minimum atomic E-state index is -0.752. The van der Waals surface area contributed by atoms with Gasteiger partial charge in [-0.15, -0.1) is 0 Å². The van der Waals surface area contributed by atoms with Gasteiger partial charge in [0.25, 0.3) is 0 Å². The van der Waals surface area contributed by atoms with Crippen molar-refractivity contribution in [1.29, 1.82) is 0 Å². The van der Waals surface area contributed by atoms with E-state index < -0.39 is 17.6 Å². The largest absolute Gasteiger partial charge is 0.465 e. The molecule has 4 nitrogen and oxygen atoms in total. The number of methoxy groups -OCH3 is 1. The second-order valence-electron chi connectivity index (χ2n) is 3.75. The van der Waals surface area contributed by atoms with Gasteiger partial charge in [0.15, 0.2) is 0 Å². The number of hydrogen-bond donors (Lipinski definition) is 1. The number of benzene rings is 1. The van der Waals surface area contributed by atoms with Gasteiger partial charge in [0.1, 0.15) is 23.0 Å². The van der Waals surface area contributed by atoms with Crippen LogP contribution in [-0.2, 0) is 4.74 Å². The first kappa shape index (κ1) is 12.9. The first-order chi connectivity index (χ1) is 9.02. The summed E-state index contributed by atoms with van der Waals surface area (Å²) in [4.78, 5) is 15.2. The van der Waals surface area contributed by atoms with Crippen molar-refractivity contribution in [2.45, 2.75) is 0 Å². The molecule has 0 fully saturated rings. The summed E-state index contributed by atoms with van der Waals surface area (Å²) in [5.41, 5.74) is 6.01. The van der Waals surface area contributed by atoms with E-state index in [1.165, 1.54) is 25.3 Å². The summed E-state index contributed by atoms with van der Waals surface area (Å²) in [6, 6.07) is 5.92. The number of anilines is 1. The molecule has 0 aliphatic rings. The van der Waals surface area contributed by atoms with Crippen molar-refractivity contribution in [1.82, 2.24) is 4.98 Å². The summed E-state index contributed by atoms with van der Waals surface area (Å²) < 4.78 is 30.9. The molecule has 2 N–H and O–H groups in total. The molecule has 1 aromatic carbocycles. The quantitative estimate of drug-likeness (QED) is 0.846. The van der Waals surface area contributed by atoms with Crippen molar-refractivity contribution < 1.29 is 18.3 Å². The number of rotatable bonds is 2. The SMILES string of the molecule is COC(=O)c1ccc(-c2ccc(F)cc2F)nc1N. The molecule has 0 bridgehead atoms. The molecule has 19 heavy (non-hydrogen) atoms. The van der Waals surface area contributed by atoms with E-state index in [1.54, 1.807) is 0 Å². The number of nitrogen functional groups attached to an aromatic ring is 1. The van der Waals surface area contributed by atoms with E-state index in [9.17, 15) is 13.6 Å². The molecule has 0 spiro atoms. The molecule has 0 saturated heterocycles. The summed E-state index contributed by atoms with van der Waals surface area (Å²) >= 11 is 0. The fraction of sp³-hybridized carbons (Fsp3) is 0.0769. The van der Waals surface area contributed by atoms with Crippen LogP contribution in [-0.4, -0.2) is 18.1 Å². The summed E-state index contributed by atoms with van der Waals surface area (Å²) in [5, 5.41) is 0. The number of nitrogens with zero attached hydrogens (tertiary/aromatic N) is 1. The van der Waals surface area contributed by atoms with E-state index in [-0.39, 0.29) is 22.6 Å². The van der Waals surface area contributed by atoms with Gasteiger partial charge in [-0.3, -0.25) is 0 Å². The van der Waals surface area contributed by atoms with Gasteiger partial charge in [-0.05, 0) is 24.3 Å². The minimum Gasteiger partial charge on any atom is -0.465 e. The second kappa shape index (κ2) is 5.01. The highest BCUT2D eigenvalue weighted by Gasteiger charge is 2.14. The molecule has 98 valence electrons. The molecule has 6 heteroatoms. The fourth-order valence-corrected chi connectivity index (χ4v) is 1.60. The Morgan fingerprint density at radius 1 is 1.26 bits per heavy atom. The number of aromatic nitrogens is 1. The third-order valence-corrected chi connectivity index (χ3v) is 2.54. The van der Waals surface area contributed by atoms with E-state index in [0.717, 1.165) is 12.1 Å². The van der Waals surface area contributed by atoms with Gasteiger partial charge in [-0.1, -0.05) is 0 Å². The average Bonchev–Trinajstić information content (AvgIpc) is 2.37. The summed E-state index contributed by atoms with van der Waals surface area (Å²) in [6.07, 6.45) is 0. The lowest BCUT2D eigenvalue weighted by Gasteiger charge is -2.07. The van der Waals surface area contributed by atoms with Gasteiger partial charge in [0.2, 0.25) is 0 Å². The number of carbonyl (C=O) groups is 1. The van der Waals surface area contributed by atoms with Gasteiger partial charge in [-0.25, -0.2) is 18.6 Å². The van der Waals surface area contributed by atoms with Gasteiger partial charge in [0, 0.05) is 11.6 Å². The first-order valence-corrected chi connectivity index (χ1v) is 5.33. The highest BCUT2D eigenvalue weighted by molar-refractivity contribution is 5.94. The van der Waals surface area contributed by atoms with Gasteiger partial charge in [0.05, 0.1) is 12.8 Å². The summed E-state index contributed by atoms with van der Waals surface area (Å²) in [6.45, 7) is 0. The third kappa shape index (κ3) is 2.52. The predicted octanol–water partition coefficient (Wildman–Crippen LogP) is 2.40. The van der Waals surface area contributed by atoms with Crippen molar-refractivity contribution >= 4 is 11.8 Å². The minimum absolute atomic E-state index is 0.0759. The van der Waals surface area contributed by atoms with Gasteiger partial charge < -0.3 is 10.5 Å². The van der Waals surface area contributed by atoms with E-state index in [2.05, 4.69) is 9.72 Å². The standard InChI is InChI=1S/C13H10F2N2O2/c1-19-13(18)9-4-5-11(17-12(9)16)8-3-2-7(14)6-10(8)15/h2-6H,1H3,(H2,16,17). The van der Waals surface area contributed by atoms with Crippen LogP contribution in [0.2, 0.25) is 0 Å². The molecule has 0 unspecified atom stereocenters. The summed E-state index contributed by atoms with van der Waals surface area (Å²) in [7, 11) is 1.22. The molecule has 0 aliphatic heterocycles. The topological polar surface area (TPSA) is 65.2 Å². The molecule has 0 atom stereocenters. The number of halogens is 2. The Balaban J connectivity index is 2.47. The fourth-order valence-electron chi connectivity index (χ4n) is 1.60. The molecule has 1 heterocycles. The van der Waals surface area contributed by atoms with E-state index in [4.69, 9.17) is 5.73 Å². The number of hydrogen-bond acceptors (Lipinski definition) is 4. The monoisotopic (exact) mass is 264 g/mol. The zero-order valence-electron chi connectivity index (χ0n) is 9.98. The number of pyridine rings is 1. The zero-order valence-corrected chi connectivity index (χ0v) is 9.98. The molecule has 2 aromatic rings. The van der Waals surface area contributed by atoms with E-state index >= 15 is 0 Å². The first-order valence-electron chi connectivity index (χ1n) is 5.33. The highest BCUT2D eigenvalue weighted by atomic mass is 19.1. The predicted molar refractivity (Wildman–Crippen MR) is 65.3 cm³/mol. The Hall–Kier alpha value is -2.50. The Labute approximate surface area is 107 Å². The van der Waals surface area contributed by atoms with Crippen LogP contribution in [0.1, 0.15) is 10.4 Å². The lowest BCUT2D eigenvalue weighted by atomic mass is 10.1. The molecule has 0 saturated carbocycles. The molecule has 0 amide bonds. The molecule has 0 aliphatic carbocycles. The summed E-state index contributed by atoms with van der Waals surface area (Å²) in [5.74, 6) is -2.14. The van der Waals surface area contributed by atoms with Crippen molar-refractivity contribution in [2.24, 2.45) is 0 Å². The van der Waals surface area contributed by atoms with Gasteiger partial charge >= 0.3 is 5.97 Å². The van der Waals surface area contributed by atoms with Crippen LogP contribution >= 0.6 is 0 Å². The van der Waals surface area contributed by atoms with Crippen LogP contribution in [0.4, 0.5) is 14.6 Å². The highest BCUT2D eigenvalue weighted by Crippen LogP contribution is 2.24. The van der Waals surface area contributed by atoms with Crippen LogP contribution in [0, 0.1) is 11.6 Å². The Morgan fingerprint density at radius 2 is 2.00 bits per heavy atom. The van der Waals surface area contributed by atoms with E-state index in [0.29, 0.717) is 0 Å². The number of esters is 1. The lowest BCUT2D eigenvalue weighted by Crippen LogP contribution is -2.07. The van der Waals surface area contributed by atoms with Crippen molar-refractivity contribution in [3.05, 3.63) is 47.5 Å². The van der Waals surface area contributed by atoms with Crippen molar-refractivity contribution in [3.63, 3.8) is 0 Å². The smallest absolute Gasteiger partial charge is 0.341 e. The average molecular weight is 264 g/mol. The van der Waals surface area contributed by atoms with Crippen molar-refractivity contribution in [3.8, 4) is 11.3 Å². The van der Waals surface area contributed by atoms with Crippen LogP contribution in [0.25, 0.3) is 11.3 Å². The Morgan fingerprint density at radius 3 is 2.58 bits per heavy atom. The third-order valence-electron chi connectivity index (χ3n) is 2.54. The maximum atomic E-state index is 13.6. The Kier molecular flexibility index (Phi) is 3.41. The lowest BCUT2D eigenvalue weighted by molar-refractivity contribution is 0.0601. The van der Waals surface area contributed by atoms with Crippen molar-refractivity contribution in [2.75, 3.05) is 12.8 Å². The van der Waals surface area contributed by atoms with Crippen LogP contribution in [0.5, 0.6) is 0 Å². The Bertz CT molecular complexity index is 645. The van der Waals surface area contributed by atoms with Crippen LogP contribution < -0.4 is 5.73 Å². The normalized spacial score (nSPS) is 10.3. The number of ether oxygens (including phenoxy) is 1. The maximum Gasteiger partial charge on any atom is 0.341 e. The molecular weight excluding hydrogens is 254 g/mol. The van der Waals surface area contributed by atoms with Gasteiger partial charge in [-0.2, -0.15) is 0 Å². The molecular formula is C13H10F2N2O2. The van der Waals surface area contributed by atoms with Crippen LogP contribution in [0.15, 0.2) is 30.3 Å². The second-order valence-corrected chi connectivity index (χ2v) is 3.75. The molecule has 0 radical (unpaired) electrons.